The number of aryl methyl sites for hydroxylation is 1. The third-order valence-electron chi connectivity index (χ3n) is 3.14. The van der Waals surface area contributed by atoms with E-state index in [9.17, 15) is 0 Å². The number of nitriles is 1. The molecular formula is C13H16N2. The summed E-state index contributed by atoms with van der Waals surface area (Å²) in [6.45, 7) is 7.45. The normalized spacial score (nSPS) is 14.2. The first-order chi connectivity index (χ1) is 7.15. The Kier molecular flexibility index (Phi) is 2.40. The van der Waals surface area contributed by atoms with Crippen molar-refractivity contribution in [3.05, 3.63) is 28.8 Å². The molecule has 1 aromatic carbocycles. The highest BCUT2D eigenvalue weighted by Crippen LogP contribution is 2.33. The van der Waals surface area contributed by atoms with E-state index in [4.69, 9.17) is 5.26 Å². The molecule has 0 aliphatic carbocycles. The second-order valence-electron chi connectivity index (χ2n) is 4.40. The van der Waals surface area contributed by atoms with Gasteiger partial charge in [-0.25, -0.2) is 0 Å². The van der Waals surface area contributed by atoms with Gasteiger partial charge in [0.2, 0.25) is 0 Å². The van der Waals surface area contributed by atoms with Crippen molar-refractivity contribution in [3.63, 3.8) is 0 Å². The number of benzene rings is 1. The van der Waals surface area contributed by atoms with E-state index in [0.717, 1.165) is 24.1 Å². The van der Waals surface area contributed by atoms with E-state index in [2.05, 4.69) is 36.9 Å². The van der Waals surface area contributed by atoms with E-state index in [1.165, 1.54) is 11.3 Å². The van der Waals surface area contributed by atoms with E-state index >= 15 is 0 Å². The average molecular weight is 200 g/mol. The van der Waals surface area contributed by atoms with Gasteiger partial charge in [0.25, 0.3) is 0 Å². The van der Waals surface area contributed by atoms with Gasteiger partial charge < -0.3 is 4.90 Å². The molecule has 2 rings (SSSR count). The molecule has 0 fully saturated rings. The molecule has 2 nitrogen and oxygen atoms in total. The minimum atomic E-state index is 0.514. The van der Waals surface area contributed by atoms with Gasteiger partial charge in [0.05, 0.1) is 11.6 Å². The zero-order chi connectivity index (χ0) is 11.0. The Morgan fingerprint density at radius 2 is 2.13 bits per heavy atom. The van der Waals surface area contributed by atoms with Crippen molar-refractivity contribution in [2.24, 2.45) is 0 Å². The number of rotatable bonds is 1. The molecule has 0 amide bonds. The van der Waals surface area contributed by atoms with E-state index < -0.39 is 0 Å². The van der Waals surface area contributed by atoms with Crippen LogP contribution < -0.4 is 4.90 Å². The van der Waals surface area contributed by atoms with E-state index in [1.54, 1.807) is 0 Å². The smallest absolute Gasteiger partial charge is 0.0998 e. The SMILES string of the molecule is Cc1ccc2c(c1C#N)CCN2C(C)C. The Morgan fingerprint density at radius 1 is 1.40 bits per heavy atom. The lowest BCUT2D eigenvalue weighted by Crippen LogP contribution is -2.28. The Labute approximate surface area is 91.1 Å². The van der Waals surface area contributed by atoms with Crippen LogP contribution in [0.25, 0.3) is 0 Å². The standard InChI is InChI=1S/C13H16N2/c1-9(2)15-7-6-11-12(8-14)10(3)4-5-13(11)15/h4-5,9H,6-7H2,1-3H3. The predicted octanol–water partition coefficient (Wildman–Crippen LogP) is 2.64. The molecule has 1 aliphatic rings. The number of hydrogen-bond acceptors (Lipinski definition) is 2. The second kappa shape index (κ2) is 3.58. The Hall–Kier alpha value is -1.49. The zero-order valence-corrected chi connectivity index (χ0v) is 9.54. The Bertz CT molecular complexity index is 427. The van der Waals surface area contributed by atoms with Crippen LogP contribution in [0.5, 0.6) is 0 Å². The van der Waals surface area contributed by atoms with Gasteiger partial charge in [-0.05, 0) is 44.4 Å². The van der Waals surface area contributed by atoms with Crippen LogP contribution in [-0.4, -0.2) is 12.6 Å². The first-order valence-corrected chi connectivity index (χ1v) is 5.44. The molecule has 15 heavy (non-hydrogen) atoms. The van der Waals surface area contributed by atoms with Gasteiger partial charge in [-0.3, -0.25) is 0 Å². The largest absolute Gasteiger partial charge is 0.369 e. The minimum Gasteiger partial charge on any atom is -0.369 e. The minimum absolute atomic E-state index is 0.514. The monoisotopic (exact) mass is 200 g/mol. The summed E-state index contributed by atoms with van der Waals surface area (Å²) in [5, 5.41) is 9.14. The molecule has 0 atom stereocenters. The van der Waals surface area contributed by atoms with Crippen molar-refractivity contribution < 1.29 is 0 Å². The van der Waals surface area contributed by atoms with E-state index in [0.29, 0.717) is 6.04 Å². The molecule has 1 aliphatic heterocycles. The lowest BCUT2D eigenvalue weighted by Gasteiger charge is -2.24. The Morgan fingerprint density at radius 3 is 2.73 bits per heavy atom. The van der Waals surface area contributed by atoms with Gasteiger partial charge >= 0.3 is 0 Å². The molecule has 2 heteroatoms. The molecule has 0 unspecified atom stereocenters. The summed E-state index contributed by atoms with van der Waals surface area (Å²) in [6, 6.07) is 7.05. The van der Waals surface area contributed by atoms with Crippen LogP contribution in [0, 0.1) is 18.3 Å². The maximum atomic E-state index is 9.14. The molecule has 0 bridgehead atoms. The van der Waals surface area contributed by atoms with Gasteiger partial charge in [-0.1, -0.05) is 6.07 Å². The molecule has 0 N–H and O–H groups in total. The van der Waals surface area contributed by atoms with Crippen molar-refractivity contribution >= 4 is 5.69 Å². The highest BCUT2D eigenvalue weighted by Gasteiger charge is 2.24. The van der Waals surface area contributed by atoms with Crippen LogP contribution >= 0.6 is 0 Å². The summed E-state index contributed by atoms with van der Waals surface area (Å²) in [5.74, 6) is 0. The summed E-state index contributed by atoms with van der Waals surface area (Å²) in [7, 11) is 0. The van der Waals surface area contributed by atoms with Crippen LogP contribution in [0.2, 0.25) is 0 Å². The van der Waals surface area contributed by atoms with Crippen molar-refractivity contribution in [3.8, 4) is 6.07 Å². The number of anilines is 1. The molecule has 0 saturated carbocycles. The van der Waals surface area contributed by atoms with Crippen LogP contribution in [0.3, 0.4) is 0 Å². The van der Waals surface area contributed by atoms with Gasteiger partial charge in [0.15, 0.2) is 0 Å². The molecule has 0 radical (unpaired) electrons. The van der Waals surface area contributed by atoms with Crippen LogP contribution in [0.1, 0.15) is 30.5 Å². The fraction of sp³-hybridized carbons (Fsp3) is 0.462. The number of nitrogens with zero attached hydrogens (tertiary/aromatic N) is 2. The lowest BCUT2D eigenvalue weighted by molar-refractivity contribution is 0.710. The van der Waals surface area contributed by atoms with Crippen LogP contribution in [-0.2, 0) is 6.42 Å². The van der Waals surface area contributed by atoms with Crippen molar-refractivity contribution in [2.45, 2.75) is 33.2 Å². The average Bonchev–Trinajstić information content (AvgIpc) is 2.61. The summed E-state index contributed by atoms with van der Waals surface area (Å²) in [4.78, 5) is 2.37. The molecule has 78 valence electrons. The Balaban J connectivity index is 2.54. The van der Waals surface area contributed by atoms with Crippen LogP contribution in [0.4, 0.5) is 5.69 Å². The quantitative estimate of drug-likeness (QED) is 0.696. The molecule has 0 aromatic heterocycles. The van der Waals surface area contributed by atoms with Gasteiger partial charge in [-0.15, -0.1) is 0 Å². The highest BCUT2D eigenvalue weighted by atomic mass is 15.2. The molecule has 0 spiro atoms. The molecule has 1 heterocycles. The zero-order valence-electron chi connectivity index (χ0n) is 9.54. The lowest BCUT2D eigenvalue weighted by atomic mass is 10.0. The maximum absolute atomic E-state index is 9.14. The topological polar surface area (TPSA) is 27.0 Å². The van der Waals surface area contributed by atoms with E-state index in [-0.39, 0.29) is 0 Å². The first kappa shape index (κ1) is 10.0. The first-order valence-electron chi connectivity index (χ1n) is 5.44. The van der Waals surface area contributed by atoms with Crippen molar-refractivity contribution in [1.29, 1.82) is 5.26 Å². The highest BCUT2D eigenvalue weighted by molar-refractivity contribution is 5.65. The number of fused-ring (bicyclic) bond motifs is 1. The van der Waals surface area contributed by atoms with E-state index in [1.807, 2.05) is 6.92 Å². The summed E-state index contributed by atoms with van der Waals surface area (Å²) in [5.41, 5.74) is 4.48. The maximum Gasteiger partial charge on any atom is 0.0998 e. The molecular weight excluding hydrogens is 184 g/mol. The predicted molar refractivity (Wildman–Crippen MR) is 62.1 cm³/mol. The summed E-state index contributed by atoms with van der Waals surface area (Å²) < 4.78 is 0. The molecule has 0 saturated heterocycles. The summed E-state index contributed by atoms with van der Waals surface area (Å²) >= 11 is 0. The number of hydrogen-bond donors (Lipinski definition) is 0. The van der Waals surface area contributed by atoms with Gasteiger partial charge in [0.1, 0.15) is 0 Å². The van der Waals surface area contributed by atoms with Crippen molar-refractivity contribution in [2.75, 3.05) is 11.4 Å². The van der Waals surface area contributed by atoms with Gasteiger partial charge in [-0.2, -0.15) is 5.26 Å². The van der Waals surface area contributed by atoms with Crippen LogP contribution in [0.15, 0.2) is 12.1 Å². The molecule has 1 aromatic rings. The second-order valence-corrected chi connectivity index (χ2v) is 4.40. The summed E-state index contributed by atoms with van der Waals surface area (Å²) in [6.07, 6.45) is 1.01. The fourth-order valence-corrected chi connectivity index (χ4v) is 2.32. The van der Waals surface area contributed by atoms with Crippen molar-refractivity contribution in [1.82, 2.24) is 0 Å². The fourth-order valence-electron chi connectivity index (χ4n) is 2.32. The van der Waals surface area contributed by atoms with Gasteiger partial charge in [0, 0.05) is 18.3 Å². The third-order valence-corrected chi connectivity index (χ3v) is 3.14. The third kappa shape index (κ3) is 1.48.